The molecular weight excluding hydrogens is 408 g/mol. The Kier molecular flexibility index (Phi) is 5.48. The van der Waals surface area contributed by atoms with E-state index in [0.29, 0.717) is 12.1 Å². The minimum atomic E-state index is -0.526. The van der Waals surface area contributed by atoms with Gasteiger partial charge in [-0.15, -0.1) is 6.58 Å². The molecule has 4 rings (SSSR count). The lowest BCUT2D eigenvalue weighted by Gasteiger charge is -2.27. The van der Waals surface area contributed by atoms with E-state index in [9.17, 15) is 14.9 Å². The Hall–Kier alpha value is -4.02. The second-order valence-electron chi connectivity index (χ2n) is 7.02. The number of hydrogen-bond acceptors (Lipinski definition) is 4. The van der Waals surface area contributed by atoms with E-state index in [1.165, 1.54) is 4.90 Å². The smallest absolute Gasteiger partial charge is 0.265 e. The number of rotatable bonds is 5. The molecule has 0 spiro atoms. The summed E-state index contributed by atoms with van der Waals surface area (Å²) in [4.78, 5) is 26.7. The molecule has 0 aliphatic carbocycles. The second-order valence-corrected chi connectivity index (χ2v) is 7.41. The molecule has 2 aromatic carbocycles. The maximum atomic E-state index is 12.9. The van der Waals surface area contributed by atoms with Crippen LogP contribution in [0.3, 0.4) is 0 Å². The summed E-state index contributed by atoms with van der Waals surface area (Å²) in [6, 6.07) is 17.4. The predicted octanol–water partition coefficient (Wildman–Crippen LogP) is 3.37. The van der Waals surface area contributed by atoms with Crippen molar-refractivity contribution in [2.75, 3.05) is 6.54 Å². The topological polar surface area (TPSA) is 78.1 Å². The standard InChI is InChI=1S/C24H18N4O2S/c1-2-11-28-23(30)20(22(29)26-24(28)31)12-18-15-27(21-10-6-5-9-19(18)21)14-17-8-4-3-7-16(17)13-25/h2-10,12,15H,1,11,14H2,(H,26,29,31). The second kappa shape index (κ2) is 8.38. The number of fused-ring (bicyclic) bond motifs is 1. The lowest BCUT2D eigenvalue weighted by molar-refractivity contribution is -0.128. The van der Waals surface area contributed by atoms with Gasteiger partial charge in [0.2, 0.25) is 0 Å². The van der Waals surface area contributed by atoms with Crippen molar-refractivity contribution in [1.82, 2.24) is 14.8 Å². The molecule has 1 N–H and O–H groups in total. The van der Waals surface area contributed by atoms with E-state index in [1.54, 1.807) is 18.2 Å². The first-order valence-corrected chi connectivity index (χ1v) is 10.00. The van der Waals surface area contributed by atoms with Gasteiger partial charge in [-0.25, -0.2) is 0 Å². The van der Waals surface area contributed by atoms with Gasteiger partial charge in [-0.05, 0) is 36.0 Å². The van der Waals surface area contributed by atoms with E-state index < -0.39 is 11.8 Å². The summed E-state index contributed by atoms with van der Waals surface area (Å²) in [6.07, 6.45) is 5.03. The third kappa shape index (κ3) is 3.77. The van der Waals surface area contributed by atoms with Crippen molar-refractivity contribution in [3.8, 4) is 6.07 Å². The fraction of sp³-hybridized carbons (Fsp3) is 0.0833. The van der Waals surface area contributed by atoms with Crippen LogP contribution in [-0.2, 0) is 16.1 Å². The Morgan fingerprint density at radius 1 is 1.13 bits per heavy atom. The predicted molar refractivity (Wildman–Crippen MR) is 123 cm³/mol. The van der Waals surface area contributed by atoms with Gasteiger partial charge in [0.05, 0.1) is 11.6 Å². The highest BCUT2D eigenvalue weighted by Crippen LogP contribution is 2.26. The van der Waals surface area contributed by atoms with Gasteiger partial charge in [0.1, 0.15) is 5.57 Å². The Bertz CT molecular complexity index is 1310. The van der Waals surface area contributed by atoms with Crippen molar-refractivity contribution >= 4 is 46.1 Å². The van der Waals surface area contributed by atoms with E-state index in [1.807, 2.05) is 53.2 Å². The third-order valence-electron chi connectivity index (χ3n) is 5.10. The summed E-state index contributed by atoms with van der Waals surface area (Å²) in [6.45, 7) is 4.33. The molecular formula is C24H18N4O2S. The molecule has 152 valence electrons. The van der Waals surface area contributed by atoms with Gasteiger partial charge < -0.3 is 4.57 Å². The van der Waals surface area contributed by atoms with Crippen LogP contribution >= 0.6 is 12.2 Å². The van der Waals surface area contributed by atoms with Crippen LogP contribution in [0.5, 0.6) is 0 Å². The molecule has 0 atom stereocenters. The van der Waals surface area contributed by atoms with E-state index in [0.717, 1.165) is 22.0 Å². The number of nitrogens with zero attached hydrogens (tertiary/aromatic N) is 3. The lowest BCUT2D eigenvalue weighted by Crippen LogP contribution is -2.53. The zero-order valence-corrected chi connectivity index (χ0v) is 17.4. The molecule has 3 aromatic rings. The van der Waals surface area contributed by atoms with Crippen LogP contribution in [-0.4, -0.2) is 32.9 Å². The number of aromatic nitrogens is 1. The highest BCUT2D eigenvalue weighted by molar-refractivity contribution is 7.80. The van der Waals surface area contributed by atoms with Crippen LogP contribution in [0, 0.1) is 11.3 Å². The van der Waals surface area contributed by atoms with Gasteiger partial charge in [0.25, 0.3) is 11.8 Å². The molecule has 2 amide bonds. The first kappa shape index (κ1) is 20.3. The maximum Gasteiger partial charge on any atom is 0.265 e. The number of thiocarbonyl (C=S) groups is 1. The van der Waals surface area contributed by atoms with Crippen molar-refractivity contribution in [3.05, 3.63) is 89.6 Å². The van der Waals surface area contributed by atoms with Crippen LogP contribution in [0.1, 0.15) is 16.7 Å². The van der Waals surface area contributed by atoms with Gasteiger partial charge in [-0.1, -0.05) is 42.5 Å². The molecule has 1 fully saturated rings. The number of nitriles is 1. The van der Waals surface area contributed by atoms with Gasteiger partial charge >= 0.3 is 0 Å². The molecule has 2 heterocycles. The maximum absolute atomic E-state index is 12.9. The Morgan fingerprint density at radius 3 is 2.65 bits per heavy atom. The number of benzene rings is 2. The Labute approximate surface area is 184 Å². The molecule has 1 aliphatic heterocycles. The van der Waals surface area contributed by atoms with E-state index in [2.05, 4.69) is 18.0 Å². The molecule has 31 heavy (non-hydrogen) atoms. The number of carbonyl (C=O) groups excluding carboxylic acids is 2. The summed E-state index contributed by atoms with van der Waals surface area (Å²) in [7, 11) is 0. The average molecular weight is 427 g/mol. The molecule has 0 bridgehead atoms. The van der Waals surface area contributed by atoms with Crippen molar-refractivity contribution in [3.63, 3.8) is 0 Å². The minimum absolute atomic E-state index is 0.00998. The lowest BCUT2D eigenvalue weighted by atomic mass is 10.1. The van der Waals surface area contributed by atoms with Gasteiger partial charge in [-0.3, -0.25) is 19.8 Å². The number of nitrogens with one attached hydrogen (secondary N) is 1. The molecule has 6 nitrogen and oxygen atoms in total. The molecule has 0 saturated carbocycles. The largest absolute Gasteiger partial charge is 0.342 e. The first-order chi connectivity index (χ1) is 15.0. The molecule has 0 radical (unpaired) electrons. The quantitative estimate of drug-likeness (QED) is 0.294. The Balaban J connectivity index is 1.79. The number of para-hydroxylation sites is 1. The first-order valence-electron chi connectivity index (χ1n) is 9.59. The van der Waals surface area contributed by atoms with Crippen LogP contribution in [0.4, 0.5) is 0 Å². The molecule has 1 aromatic heterocycles. The van der Waals surface area contributed by atoms with Gasteiger partial charge in [0.15, 0.2) is 5.11 Å². The van der Waals surface area contributed by atoms with Gasteiger partial charge in [-0.2, -0.15) is 5.26 Å². The monoisotopic (exact) mass is 426 g/mol. The van der Waals surface area contributed by atoms with Gasteiger partial charge in [0, 0.05) is 35.8 Å². The summed E-state index contributed by atoms with van der Waals surface area (Å²) in [5.74, 6) is -0.984. The number of carbonyl (C=O) groups is 2. The van der Waals surface area contributed by atoms with Crippen molar-refractivity contribution in [2.45, 2.75) is 6.54 Å². The summed E-state index contributed by atoms with van der Waals surface area (Å²) in [5, 5.41) is 12.9. The minimum Gasteiger partial charge on any atom is -0.342 e. The highest BCUT2D eigenvalue weighted by atomic mass is 32.1. The Morgan fingerprint density at radius 2 is 1.87 bits per heavy atom. The zero-order valence-electron chi connectivity index (χ0n) is 16.5. The average Bonchev–Trinajstić information content (AvgIpc) is 3.12. The fourth-order valence-corrected chi connectivity index (χ4v) is 3.87. The van der Waals surface area contributed by atoms with Crippen molar-refractivity contribution in [2.24, 2.45) is 0 Å². The fourth-order valence-electron chi connectivity index (χ4n) is 3.62. The van der Waals surface area contributed by atoms with Crippen molar-refractivity contribution < 1.29 is 9.59 Å². The summed E-state index contributed by atoms with van der Waals surface area (Å²) < 4.78 is 2.01. The third-order valence-corrected chi connectivity index (χ3v) is 5.42. The van der Waals surface area contributed by atoms with Crippen LogP contribution in [0.25, 0.3) is 17.0 Å². The summed E-state index contributed by atoms with van der Waals surface area (Å²) >= 11 is 5.11. The number of hydrogen-bond donors (Lipinski definition) is 1. The van der Waals surface area contributed by atoms with E-state index >= 15 is 0 Å². The molecule has 0 unspecified atom stereocenters. The SMILES string of the molecule is C=CCN1C(=O)C(=Cc2cn(Cc3ccccc3C#N)c3ccccc23)C(=O)NC1=S. The van der Waals surface area contributed by atoms with Crippen LogP contribution < -0.4 is 5.32 Å². The van der Waals surface area contributed by atoms with E-state index in [4.69, 9.17) is 12.2 Å². The number of amides is 2. The zero-order chi connectivity index (χ0) is 22.0. The molecule has 1 aliphatic rings. The van der Waals surface area contributed by atoms with Crippen LogP contribution in [0.15, 0.2) is 73.0 Å². The molecule has 7 heteroatoms. The normalized spacial score (nSPS) is 15.3. The van der Waals surface area contributed by atoms with Crippen molar-refractivity contribution in [1.29, 1.82) is 5.26 Å². The van der Waals surface area contributed by atoms with E-state index in [-0.39, 0.29) is 17.2 Å². The highest BCUT2D eigenvalue weighted by Gasteiger charge is 2.32. The van der Waals surface area contributed by atoms with Crippen LogP contribution in [0.2, 0.25) is 0 Å². The summed E-state index contributed by atoms with van der Waals surface area (Å²) in [5.41, 5.74) is 3.17. The molecule has 1 saturated heterocycles.